The molecule has 1 amide bonds. The first kappa shape index (κ1) is 14.0. The van der Waals surface area contributed by atoms with Crippen LogP contribution in [-0.2, 0) is 4.79 Å². The number of hydrogen-bond acceptors (Lipinski definition) is 4. The molecule has 0 atom stereocenters. The highest BCUT2D eigenvalue weighted by Crippen LogP contribution is 2.28. The number of carbonyl (C=O) groups is 1. The first-order chi connectivity index (χ1) is 8.99. The molecule has 5 nitrogen and oxygen atoms in total. The third kappa shape index (κ3) is 3.14. The molecule has 0 radical (unpaired) electrons. The standard InChI is InChI=1S/C14H23N3O2/c1-9(2)12-15-16-13(19-12)11-5-7-17(8-6-11)14(18)10(3)4/h9-11H,5-8H2,1-4H3. The van der Waals surface area contributed by atoms with E-state index in [0.717, 1.165) is 31.8 Å². The van der Waals surface area contributed by atoms with E-state index in [1.165, 1.54) is 0 Å². The Balaban J connectivity index is 1.94. The van der Waals surface area contributed by atoms with E-state index >= 15 is 0 Å². The van der Waals surface area contributed by atoms with Crippen molar-refractivity contribution in [1.82, 2.24) is 15.1 Å². The smallest absolute Gasteiger partial charge is 0.225 e. The number of likely N-dealkylation sites (tertiary alicyclic amines) is 1. The summed E-state index contributed by atoms with van der Waals surface area (Å²) in [5, 5.41) is 8.22. The van der Waals surface area contributed by atoms with E-state index in [0.29, 0.717) is 11.8 Å². The molecule has 0 spiro atoms. The Hall–Kier alpha value is -1.39. The Bertz CT molecular complexity index is 432. The van der Waals surface area contributed by atoms with E-state index in [1.54, 1.807) is 0 Å². The molecule has 1 saturated heterocycles. The molecule has 1 aliphatic rings. The third-order valence-corrected chi connectivity index (χ3v) is 3.60. The van der Waals surface area contributed by atoms with Gasteiger partial charge >= 0.3 is 0 Å². The Morgan fingerprint density at radius 3 is 2.32 bits per heavy atom. The van der Waals surface area contributed by atoms with E-state index in [-0.39, 0.29) is 17.7 Å². The second-order valence-electron chi connectivity index (χ2n) is 5.89. The second-order valence-corrected chi connectivity index (χ2v) is 5.89. The van der Waals surface area contributed by atoms with Crippen molar-refractivity contribution in [3.63, 3.8) is 0 Å². The Kier molecular flexibility index (Phi) is 4.22. The average molecular weight is 265 g/mol. The Morgan fingerprint density at radius 2 is 1.84 bits per heavy atom. The fraction of sp³-hybridized carbons (Fsp3) is 0.786. The number of rotatable bonds is 3. The van der Waals surface area contributed by atoms with E-state index in [9.17, 15) is 4.79 Å². The van der Waals surface area contributed by atoms with Crippen LogP contribution >= 0.6 is 0 Å². The maximum absolute atomic E-state index is 11.9. The molecule has 2 heterocycles. The molecule has 0 saturated carbocycles. The van der Waals surface area contributed by atoms with Gasteiger partial charge in [0.15, 0.2) is 0 Å². The van der Waals surface area contributed by atoms with Gasteiger partial charge in [-0.3, -0.25) is 4.79 Å². The average Bonchev–Trinajstić information content (AvgIpc) is 2.87. The first-order valence-corrected chi connectivity index (χ1v) is 7.11. The van der Waals surface area contributed by atoms with Crippen molar-refractivity contribution in [3.8, 4) is 0 Å². The van der Waals surface area contributed by atoms with E-state index in [2.05, 4.69) is 10.2 Å². The Morgan fingerprint density at radius 1 is 1.21 bits per heavy atom. The molecule has 2 rings (SSSR count). The maximum atomic E-state index is 11.9. The van der Waals surface area contributed by atoms with Crippen LogP contribution in [0.1, 0.15) is 64.2 Å². The van der Waals surface area contributed by atoms with Crippen molar-refractivity contribution in [3.05, 3.63) is 11.8 Å². The molecular formula is C14H23N3O2. The van der Waals surface area contributed by atoms with Crippen LogP contribution in [-0.4, -0.2) is 34.1 Å². The zero-order valence-corrected chi connectivity index (χ0v) is 12.2. The van der Waals surface area contributed by atoms with Crippen LogP contribution in [0.5, 0.6) is 0 Å². The molecule has 1 aromatic heterocycles. The van der Waals surface area contributed by atoms with E-state index < -0.39 is 0 Å². The number of aromatic nitrogens is 2. The van der Waals surface area contributed by atoms with Crippen LogP contribution in [0.4, 0.5) is 0 Å². The van der Waals surface area contributed by atoms with Crippen LogP contribution in [0.2, 0.25) is 0 Å². The monoisotopic (exact) mass is 265 g/mol. The van der Waals surface area contributed by atoms with Crippen molar-refractivity contribution in [1.29, 1.82) is 0 Å². The van der Waals surface area contributed by atoms with Gasteiger partial charge in [-0.15, -0.1) is 10.2 Å². The van der Waals surface area contributed by atoms with Crippen LogP contribution in [0.25, 0.3) is 0 Å². The lowest BCUT2D eigenvalue weighted by atomic mass is 9.96. The summed E-state index contributed by atoms with van der Waals surface area (Å²) >= 11 is 0. The predicted octanol–water partition coefficient (Wildman–Crippen LogP) is 2.56. The lowest BCUT2D eigenvalue weighted by Crippen LogP contribution is -2.40. The number of nitrogens with zero attached hydrogens (tertiary/aromatic N) is 3. The molecule has 0 unspecified atom stereocenters. The van der Waals surface area contributed by atoms with Gasteiger partial charge in [0.1, 0.15) is 0 Å². The van der Waals surface area contributed by atoms with Crippen molar-refractivity contribution in [2.75, 3.05) is 13.1 Å². The van der Waals surface area contributed by atoms with Crippen LogP contribution in [0, 0.1) is 5.92 Å². The van der Waals surface area contributed by atoms with Gasteiger partial charge < -0.3 is 9.32 Å². The molecule has 19 heavy (non-hydrogen) atoms. The highest BCUT2D eigenvalue weighted by Gasteiger charge is 2.28. The summed E-state index contributed by atoms with van der Waals surface area (Å²) in [4.78, 5) is 13.9. The van der Waals surface area contributed by atoms with Gasteiger partial charge in [0, 0.05) is 30.8 Å². The van der Waals surface area contributed by atoms with Gasteiger partial charge in [-0.05, 0) is 12.8 Å². The summed E-state index contributed by atoms with van der Waals surface area (Å²) in [6, 6.07) is 0. The SMILES string of the molecule is CC(C)C(=O)N1CCC(c2nnc(C(C)C)o2)CC1. The zero-order chi connectivity index (χ0) is 14.0. The normalized spacial score (nSPS) is 17.5. The molecule has 106 valence electrons. The molecular weight excluding hydrogens is 242 g/mol. The highest BCUT2D eigenvalue weighted by atomic mass is 16.4. The lowest BCUT2D eigenvalue weighted by Gasteiger charge is -2.31. The largest absolute Gasteiger partial charge is 0.425 e. The van der Waals surface area contributed by atoms with Crippen LogP contribution in [0.15, 0.2) is 4.42 Å². The maximum Gasteiger partial charge on any atom is 0.225 e. The fourth-order valence-electron chi connectivity index (χ4n) is 2.36. The molecule has 0 N–H and O–H groups in total. The van der Waals surface area contributed by atoms with Crippen molar-refractivity contribution in [2.24, 2.45) is 5.92 Å². The number of carbonyl (C=O) groups excluding carboxylic acids is 1. The number of amides is 1. The quantitative estimate of drug-likeness (QED) is 0.842. The minimum atomic E-state index is 0.0764. The summed E-state index contributed by atoms with van der Waals surface area (Å²) < 4.78 is 5.70. The summed E-state index contributed by atoms with van der Waals surface area (Å²) in [6.45, 7) is 9.56. The Labute approximate surface area is 114 Å². The fourth-order valence-corrected chi connectivity index (χ4v) is 2.36. The number of piperidine rings is 1. The first-order valence-electron chi connectivity index (χ1n) is 7.11. The van der Waals surface area contributed by atoms with Crippen molar-refractivity contribution < 1.29 is 9.21 Å². The van der Waals surface area contributed by atoms with Crippen LogP contribution in [0.3, 0.4) is 0 Å². The van der Waals surface area contributed by atoms with Gasteiger partial charge in [-0.2, -0.15) is 0 Å². The van der Waals surface area contributed by atoms with Gasteiger partial charge in [0.2, 0.25) is 17.7 Å². The molecule has 0 bridgehead atoms. The summed E-state index contributed by atoms with van der Waals surface area (Å²) in [5.41, 5.74) is 0. The topological polar surface area (TPSA) is 59.2 Å². The van der Waals surface area contributed by atoms with Crippen molar-refractivity contribution >= 4 is 5.91 Å². The lowest BCUT2D eigenvalue weighted by molar-refractivity contribution is -0.135. The molecule has 1 aliphatic heterocycles. The molecule has 0 aromatic carbocycles. The summed E-state index contributed by atoms with van der Waals surface area (Å²) in [6.07, 6.45) is 1.83. The summed E-state index contributed by atoms with van der Waals surface area (Å²) in [7, 11) is 0. The molecule has 5 heteroatoms. The van der Waals surface area contributed by atoms with Crippen molar-refractivity contribution in [2.45, 2.75) is 52.4 Å². The minimum Gasteiger partial charge on any atom is -0.425 e. The second kappa shape index (κ2) is 5.72. The highest BCUT2D eigenvalue weighted by molar-refractivity contribution is 5.78. The predicted molar refractivity (Wildman–Crippen MR) is 71.8 cm³/mol. The van der Waals surface area contributed by atoms with E-state index in [1.807, 2.05) is 32.6 Å². The molecule has 1 aromatic rings. The number of hydrogen-bond donors (Lipinski definition) is 0. The molecule has 0 aliphatic carbocycles. The third-order valence-electron chi connectivity index (χ3n) is 3.60. The van der Waals surface area contributed by atoms with Crippen LogP contribution < -0.4 is 0 Å². The minimum absolute atomic E-state index is 0.0764. The van der Waals surface area contributed by atoms with Gasteiger partial charge in [0.25, 0.3) is 0 Å². The summed E-state index contributed by atoms with van der Waals surface area (Å²) in [5.74, 6) is 2.33. The zero-order valence-electron chi connectivity index (χ0n) is 12.2. The van der Waals surface area contributed by atoms with E-state index in [4.69, 9.17) is 4.42 Å². The molecule has 1 fully saturated rings. The van der Waals surface area contributed by atoms with Gasteiger partial charge in [0.05, 0.1) is 0 Å². The van der Waals surface area contributed by atoms with Gasteiger partial charge in [-0.25, -0.2) is 0 Å². The van der Waals surface area contributed by atoms with Gasteiger partial charge in [-0.1, -0.05) is 27.7 Å².